The highest BCUT2D eigenvalue weighted by molar-refractivity contribution is 5.97. The van der Waals surface area contributed by atoms with E-state index in [9.17, 15) is 9.59 Å². The van der Waals surface area contributed by atoms with E-state index in [-0.39, 0.29) is 23.8 Å². The fraction of sp³-hybridized carbons (Fsp3) is 0.636. The molecule has 0 spiro atoms. The SMILES string of the molecule is O=C1OC(=O)[C@@H]2[C@H]3C=C[C@@H]([C@H]4C[C@@H]34)[C@@H]12. The summed E-state index contributed by atoms with van der Waals surface area (Å²) in [6.07, 6.45) is 5.48. The number of hydrogen-bond donors (Lipinski definition) is 0. The summed E-state index contributed by atoms with van der Waals surface area (Å²) in [7, 11) is 0. The molecular weight excluding hydrogens is 180 g/mol. The van der Waals surface area contributed by atoms with Crippen molar-refractivity contribution in [3.05, 3.63) is 12.2 Å². The molecule has 0 radical (unpaired) electrons. The van der Waals surface area contributed by atoms with Crippen molar-refractivity contribution in [2.75, 3.05) is 0 Å². The predicted octanol–water partition coefficient (Wildman–Crippen LogP) is 0.754. The summed E-state index contributed by atoms with van der Waals surface area (Å²) in [6.45, 7) is 0. The molecule has 5 rings (SSSR count). The molecule has 0 aromatic rings. The third-order valence-corrected chi connectivity index (χ3v) is 4.40. The Bertz CT molecular complexity index is 350. The van der Waals surface area contributed by atoms with Crippen LogP contribution in [0.5, 0.6) is 0 Å². The molecule has 4 aliphatic carbocycles. The summed E-state index contributed by atoms with van der Waals surface area (Å²) < 4.78 is 4.74. The van der Waals surface area contributed by atoms with Gasteiger partial charge >= 0.3 is 11.9 Å². The lowest BCUT2D eigenvalue weighted by atomic mass is 9.63. The fourth-order valence-electron chi connectivity index (χ4n) is 3.76. The van der Waals surface area contributed by atoms with Crippen LogP contribution in [0.3, 0.4) is 0 Å². The van der Waals surface area contributed by atoms with E-state index in [0.29, 0.717) is 23.7 Å². The van der Waals surface area contributed by atoms with Gasteiger partial charge in [0.1, 0.15) is 0 Å². The molecule has 0 aromatic carbocycles. The Hall–Kier alpha value is -1.12. The molecule has 3 heteroatoms. The molecule has 1 saturated heterocycles. The zero-order valence-electron chi connectivity index (χ0n) is 7.55. The van der Waals surface area contributed by atoms with Crippen LogP contribution in [-0.4, -0.2) is 11.9 Å². The van der Waals surface area contributed by atoms with E-state index in [4.69, 9.17) is 4.74 Å². The van der Waals surface area contributed by atoms with Crippen molar-refractivity contribution >= 4 is 11.9 Å². The summed E-state index contributed by atoms with van der Waals surface area (Å²) in [6, 6.07) is 0. The molecule has 1 aliphatic heterocycles. The largest absolute Gasteiger partial charge is 0.393 e. The maximum atomic E-state index is 11.5. The van der Waals surface area contributed by atoms with Gasteiger partial charge in [-0.3, -0.25) is 9.59 Å². The number of esters is 2. The quantitative estimate of drug-likeness (QED) is 0.321. The van der Waals surface area contributed by atoms with Gasteiger partial charge in [-0.2, -0.15) is 0 Å². The molecule has 3 nitrogen and oxygen atoms in total. The monoisotopic (exact) mass is 190 g/mol. The molecule has 2 saturated carbocycles. The van der Waals surface area contributed by atoms with Crippen molar-refractivity contribution in [3.8, 4) is 0 Å². The first-order valence-electron chi connectivity index (χ1n) is 5.21. The molecule has 14 heavy (non-hydrogen) atoms. The van der Waals surface area contributed by atoms with Crippen molar-refractivity contribution in [2.45, 2.75) is 6.42 Å². The summed E-state index contributed by atoms with van der Waals surface area (Å²) in [5.74, 6) is 1.12. The first-order valence-corrected chi connectivity index (χ1v) is 5.21. The highest BCUT2D eigenvalue weighted by Gasteiger charge is 2.66. The van der Waals surface area contributed by atoms with Crippen molar-refractivity contribution in [1.82, 2.24) is 0 Å². The minimum Gasteiger partial charge on any atom is -0.393 e. The van der Waals surface area contributed by atoms with Gasteiger partial charge in [0.15, 0.2) is 0 Å². The van der Waals surface area contributed by atoms with Gasteiger partial charge in [0, 0.05) is 0 Å². The van der Waals surface area contributed by atoms with E-state index in [0.717, 1.165) is 0 Å². The van der Waals surface area contributed by atoms with Crippen LogP contribution in [0.1, 0.15) is 6.42 Å². The molecular formula is C11H10O3. The highest BCUT2D eigenvalue weighted by Crippen LogP contribution is 2.65. The topological polar surface area (TPSA) is 43.4 Å². The second-order valence-electron chi connectivity index (χ2n) is 4.89. The summed E-state index contributed by atoms with van der Waals surface area (Å²) in [5, 5.41) is 0. The van der Waals surface area contributed by atoms with Crippen molar-refractivity contribution in [1.29, 1.82) is 0 Å². The van der Waals surface area contributed by atoms with Crippen LogP contribution in [-0.2, 0) is 14.3 Å². The van der Waals surface area contributed by atoms with Crippen molar-refractivity contribution < 1.29 is 14.3 Å². The van der Waals surface area contributed by atoms with E-state index in [2.05, 4.69) is 12.2 Å². The molecule has 72 valence electrons. The Morgan fingerprint density at radius 3 is 2.00 bits per heavy atom. The number of carbonyl (C=O) groups is 2. The summed E-state index contributed by atoms with van der Waals surface area (Å²) >= 11 is 0. The van der Waals surface area contributed by atoms with Crippen LogP contribution >= 0.6 is 0 Å². The van der Waals surface area contributed by atoms with E-state index in [1.807, 2.05) is 0 Å². The van der Waals surface area contributed by atoms with Gasteiger partial charge in [0.25, 0.3) is 0 Å². The lowest BCUT2D eigenvalue weighted by molar-refractivity contribution is -0.154. The number of rotatable bonds is 0. The van der Waals surface area contributed by atoms with Crippen LogP contribution in [0, 0.1) is 35.5 Å². The van der Waals surface area contributed by atoms with Gasteiger partial charge < -0.3 is 4.74 Å². The Morgan fingerprint density at radius 2 is 1.50 bits per heavy atom. The van der Waals surface area contributed by atoms with E-state index >= 15 is 0 Å². The van der Waals surface area contributed by atoms with Crippen LogP contribution in [0.25, 0.3) is 0 Å². The van der Waals surface area contributed by atoms with Gasteiger partial charge in [-0.1, -0.05) is 12.2 Å². The smallest absolute Gasteiger partial charge is 0.318 e. The molecule has 3 fully saturated rings. The van der Waals surface area contributed by atoms with E-state index < -0.39 is 0 Å². The first-order chi connectivity index (χ1) is 6.77. The number of carbonyl (C=O) groups excluding carboxylic acids is 2. The normalized spacial score (nSPS) is 56.9. The predicted molar refractivity (Wildman–Crippen MR) is 45.8 cm³/mol. The molecule has 6 atom stereocenters. The van der Waals surface area contributed by atoms with E-state index in [1.54, 1.807) is 0 Å². The van der Waals surface area contributed by atoms with Crippen LogP contribution in [0.2, 0.25) is 0 Å². The molecule has 0 unspecified atom stereocenters. The first kappa shape index (κ1) is 7.21. The molecule has 0 aromatic heterocycles. The molecule has 0 amide bonds. The third kappa shape index (κ3) is 0.606. The second kappa shape index (κ2) is 1.95. The molecule has 5 aliphatic rings. The maximum absolute atomic E-state index is 11.5. The van der Waals surface area contributed by atoms with Crippen LogP contribution in [0.4, 0.5) is 0 Å². The molecule has 1 heterocycles. The Kier molecular flexibility index (Phi) is 1.00. The number of cyclic esters (lactones) is 2. The third-order valence-electron chi connectivity index (χ3n) is 4.40. The average molecular weight is 190 g/mol. The average Bonchev–Trinajstić information content (AvgIpc) is 2.92. The zero-order valence-corrected chi connectivity index (χ0v) is 7.55. The minimum absolute atomic E-state index is 0.138. The second-order valence-corrected chi connectivity index (χ2v) is 4.89. The van der Waals surface area contributed by atoms with Crippen LogP contribution in [0.15, 0.2) is 12.2 Å². The summed E-state index contributed by atoms with van der Waals surface area (Å²) in [5.41, 5.74) is 0. The molecule has 2 bridgehead atoms. The van der Waals surface area contributed by atoms with Gasteiger partial charge in [-0.15, -0.1) is 0 Å². The minimum atomic E-state index is -0.273. The lowest BCUT2D eigenvalue weighted by Crippen LogP contribution is -2.40. The highest BCUT2D eigenvalue weighted by atomic mass is 16.6. The lowest BCUT2D eigenvalue weighted by Gasteiger charge is -2.36. The zero-order chi connectivity index (χ0) is 9.45. The van der Waals surface area contributed by atoms with Gasteiger partial charge in [-0.25, -0.2) is 0 Å². The van der Waals surface area contributed by atoms with Gasteiger partial charge in [0.05, 0.1) is 11.8 Å². The fourth-order valence-corrected chi connectivity index (χ4v) is 3.76. The Balaban J connectivity index is 1.88. The van der Waals surface area contributed by atoms with Crippen molar-refractivity contribution in [2.24, 2.45) is 35.5 Å². The number of ether oxygens (including phenoxy) is 1. The standard InChI is InChI=1S/C11H10O3/c12-10-8-4-1-2-5(7-3-6(4)7)9(8)11(13)14-10/h1-2,4-9H,3H2/t4-,5-,6-,7+,8+,9+/m0/s1. The molecule has 0 N–H and O–H groups in total. The Labute approximate surface area is 81.1 Å². The Morgan fingerprint density at radius 1 is 1.00 bits per heavy atom. The van der Waals surface area contributed by atoms with Crippen LogP contribution < -0.4 is 0 Å². The van der Waals surface area contributed by atoms with Gasteiger partial charge in [0.2, 0.25) is 0 Å². The number of hydrogen-bond acceptors (Lipinski definition) is 3. The van der Waals surface area contributed by atoms with E-state index in [1.165, 1.54) is 6.42 Å². The number of allylic oxidation sites excluding steroid dienone is 2. The maximum Gasteiger partial charge on any atom is 0.318 e. The summed E-state index contributed by atoms with van der Waals surface area (Å²) in [4.78, 5) is 23.0. The van der Waals surface area contributed by atoms with Gasteiger partial charge in [-0.05, 0) is 30.1 Å². The van der Waals surface area contributed by atoms with Crippen molar-refractivity contribution in [3.63, 3.8) is 0 Å².